The lowest BCUT2D eigenvalue weighted by Crippen LogP contribution is -2.37. The third-order valence-electron chi connectivity index (χ3n) is 3.56. The Hall–Kier alpha value is -2.93. The minimum Gasteiger partial charge on any atom is -0.354 e. The molecule has 6 nitrogen and oxygen atoms in total. The first-order chi connectivity index (χ1) is 12.2. The second kappa shape index (κ2) is 8.25. The number of amides is 2. The van der Waals surface area contributed by atoms with Gasteiger partial charge in [0.05, 0.1) is 17.9 Å². The molecule has 128 valence electrons. The molecule has 0 unspecified atom stereocenters. The Bertz CT molecular complexity index is 828. The normalized spacial score (nSPS) is 10.4. The van der Waals surface area contributed by atoms with Gasteiger partial charge in [-0.05, 0) is 29.6 Å². The van der Waals surface area contributed by atoms with Gasteiger partial charge in [0.15, 0.2) is 0 Å². The molecule has 0 fully saturated rings. The summed E-state index contributed by atoms with van der Waals surface area (Å²) in [6.45, 7) is 0.437. The summed E-state index contributed by atoms with van der Waals surface area (Å²) in [5.41, 5.74) is 2.46. The van der Waals surface area contributed by atoms with Crippen LogP contribution in [0.2, 0.25) is 0 Å². The summed E-state index contributed by atoms with van der Waals surface area (Å²) in [5.74, 6) is -0.455. The minimum atomic E-state index is -0.238. The molecule has 0 saturated heterocycles. The van der Waals surface area contributed by atoms with Crippen LogP contribution in [0, 0.1) is 0 Å². The Morgan fingerprint density at radius 3 is 2.68 bits per heavy atom. The average molecular weight is 354 g/mol. The molecule has 25 heavy (non-hydrogen) atoms. The highest BCUT2D eigenvalue weighted by atomic mass is 32.1. The number of carbonyl (C=O) groups excluding carboxylic acids is 2. The van der Waals surface area contributed by atoms with Gasteiger partial charge < -0.3 is 10.6 Å². The fourth-order valence-corrected chi connectivity index (χ4v) is 2.90. The van der Waals surface area contributed by atoms with E-state index in [-0.39, 0.29) is 18.4 Å². The Kier molecular flexibility index (Phi) is 5.58. The molecule has 0 bridgehead atoms. The maximum absolute atomic E-state index is 11.8. The molecule has 0 radical (unpaired) electrons. The van der Waals surface area contributed by atoms with Crippen LogP contribution in [0.15, 0.2) is 59.4 Å². The second-order valence-corrected chi connectivity index (χ2v) is 6.16. The number of carbonyl (C=O) groups is 2. The summed E-state index contributed by atoms with van der Waals surface area (Å²) in [6, 6.07) is 13.5. The molecule has 0 aliphatic heterocycles. The lowest BCUT2D eigenvalue weighted by atomic mass is 10.3. The number of nitrogens with one attached hydrogen (secondary N) is 2. The van der Waals surface area contributed by atoms with Gasteiger partial charge in [-0.25, -0.2) is 4.68 Å². The highest BCUT2D eigenvalue weighted by Crippen LogP contribution is 2.07. The third kappa shape index (κ3) is 4.77. The van der Waals surface area contributed by atoms with Gasteiger partial charge in [-0.2, -0.15) is 16.4 Å². The summed E-state index contributed by atoms with van der Waals surface area (Å²) in [6.07, 6.45) is 2.53. The lowest BCUT2D eigenvalue weighted by molar-refractivity contribution is -0.120. The largest absolute Gasteiger partial charge is 0.354 e. The van der Waals surface area contributed by atoms with Crippen LogP contribution in [0.5, 0.6) is 0 Å². The molecule has 7 heteroatoms. The molecule has 0 saturated carbocycles. The summed E-state index contributed by atoms with van der Waals surface area (Å²) < 4.78 is 1.80. The molecule has 0 aliphatic carbocycles. The van der Waals surface area contributed by atoms with Gasteiger partial charge in [-0.3, -0.25) is 9.59 Å². The predicted molar refractivity (Wildman–Crippen MR) is 96.9 cm³/mol. The van der Waals surface area contributed by atoms with Crippen molar-refractivity contribution in [1.29, 1.82) is 0 Å². The van der Waals surface area contributed by atoms with Gasteiger partial charge >= 0.3 is 0 Å². The van der Waals surface area contributed by atoms with E-state index in [1.54, 1.807) is 16.1 Å². The topological polar surface area (TPSA) is 76.0 Å². The van der Waals surface area contributed by atoms with Gasteiger partial charge in [0.25, 0.3) is 5.91 Å². The van der Waals surface area contributed by atoms with Crippen molar-refractivity contribution in [1.82, 2.24) is 20.4 Å². The number of nitrogens with zero attached hydrogens (tertiary/aromatic N) is 2. The number of hydrogen-bond acceptors (Lipinski definition) is 4. The minimum absolute atomic E-state index is 0.0346. The number of rotatable bonds is 7. The Morgan fingerprint density at radius 1 is 1.08 bits per heavy atom. The fourth-order valence-electron chi connectivity index (χ4n) is 2.27. The van der Waals surface area contributed by atoms with Gasteiger partial charge in [0, 0.05) is 30.1 Å². The Balaban J connectivity index is 1.40. The molecule has 2 aromatic heterocycles. The van der Waals surface area contributed by atoms with E-state index in [2.05, 4.69) is 15.7 Å². The van der Waals surface area contributed by atoms with Crippen LogP contribution in [-0.2, 0) is 11.2 Å². The summed E-state index contributed by atoms with van der Waals surface area (Å²) in [5, 5.41) is 13.4. The van der Waals surface area contributed by atoms with E-state index in [0.717, 1.165) is 11.4 Å². The molecular weight excluding hydrogens is 336 g/mol. The van der Waals surface area contributed by atoms with Crippen molar-refractivity contribution in [2.75, 3.05) is 13.1 Å². The van der Waals surface area contributed by atoms with Crippen LogP contribution in [0.4, 0.5) is 0 Å². The first-order valence-corrected chi connectivity index (χ1v) is 8.84. The average Bonchev–Trinajstić information content (AvgIpc) is 3.32. The van der Waals surface area contributed by atoms with Crippen molar-refractivity contribution in [2.24, 2.45) is 0 Å². The zero-order valence-electron chi connectivity index (χ0n) is 13.5. The smallest absolute Gasteiger partial charge is 0.252 e. The quantitative estimate of drug-likeness (QED) is 0.682. The van der Waals surface area contributed by atoms with Gasteiger partial charge in [0.1, 0.15) is 0 Å². The van der Waals surface area contributed by atoms with Crippen LogP contribution in [0.25, 0.3) is 5.69 Å². The van der Waals surface area contributed by atoms with E-state index in [1.165, 1.54) is 11.3 Å². The summed E-state index contributed by atoms with van der Waals surface area (Å²) in [7, 11) is 0. The van der Waals surface area contributed by atoms with E-state index in [4.69, 9.17) is 0 Å². The molecule has 0 atom stereocenters. The molecule has 0 spiro atoms. The second-order valence-electron chi connectivity index (χ2n) is 5.38. The summed E-state index contributed by atoms with van der Waals surface area (Å²) in [4.78, 5) is 23.5. The molecule has 3 aromatic rings. The first kappa shape index (κ1) is 16.9. The van der Waals surface area contributed by atoms with Crippen LogP contribution in [0.3, 0.4) is 0 Å². The molecule has 2 N–H and O–H groups in total. The van der Waals surface area contributed by atoms with Crippen LogP contribution < -0.4 is 10.6 Å². The zero-order valence-corrected chi connectivity index (χ0v) is 14.3. The Morgan fingerprint density at radius 2 is 1.92 bits per heavy atom. The van der Waals surface area contributed by atoms with Crippen molar-refractivity contribution >= 4 is 23.2 Å². The van der Waals surface area contributed by atoms with Gasteiger partial charge in [-0.1, -0.05) is 18.2 Å². The molecule has 2 heterocycles. The predicted octanol–water partition coefficient (Wildman–Crippen LogP) is 2.02. The third-order valence-corrected chi connectivity index (χ3v) is 4.24. The standard InChI is InChI=1S/C18H18N4O2S/c23-17(12-20-18(24)14-8-11-25-13-14)19-9-6-15-7-10-22(21-15)16-4-2-1-3-5-16/h1-5,7-8,10-11,13H,6,9,12H2,(H,19,23)(H,20,24). The number of hydrogen-bond donors (Lipinski definition) is 2. The van der Waals surface area contributed by atoms with Crippen molar-refractivity contribution < 1.29 is 9.59 Å². The number of benzene rings is 1. The maximum atomic E-state index is 11.8. The molecule has 2 amide bonds. The van der Waals surface area contributed by atoms with E-state index in [0.29, 0.717) is 18.5 Å². The van der Waals surface area contributed by atoms with E-state index >= 15 is 0 Å². The maximum Gasteiger partial charge on any atom is 0.252 e. The lowest BCUT2D eigenvalue weighted by Gasteiger charge is -2.05. The van der Waals surface area contributed by atoms with Crippen molar-refractivity contribution in [3.63, 3.8) is 0 Å². The van der Waals surface area contributed by atoms with Crippen LogP contribution >= 0.6 is 11.3 Å². The molecule has 0 aliphatic rings. The monoisotopic (exact) mass is 354 g/mol. The van der Waals surface area contributed by atoms with Crippen molar-refractivity contribution in [3.8, 4) is 5.69 Å². The highest BCUT2D eigenvalue weighted by Gasteiger charge is 2.08. The number of para-hydroxylation sites is 1. The Labute approximate surface area is 149 Å². The van der Waals surface area contributed by atoms with E-state index < -0.39 is 0 Å². The van der Waals surface area contributed by atoms with Crippen LogP contribution in [0.1, 0.15) is 16.1 Å². The van der Waals surface area contributed by atoms with E-state index in [1.807, 2.05) is 48.0 Å². The van der Waals surface area contributed by atoms with E-state index in [9.17, 15) is 9.59 Å². The number of aromatic nitrogens is 2. The SMILES string of the molecule is O=C(CNC(=O)c1ccsc1)NCCc1ccn(-c2ccccc2)n1. The fraction of sp³-hybridized carbons (Fsp3) is 0.167. The van der Waals surface area contributed by atoms with Crippen LogP contribution in [-0.4, -0.2) is 34.7 Å². The van der Waals surface area contributed by atoms with Gasteiger partial charge in [0.2, 0.25) is 5.91 Å². The molecular formula is C18H18N4O2S. The number of thiophene rings is 1. The van der Waals surface area contributed by atoms with Crippen molar-refractivity contribution in [2.45, 2.75) is 6.42 Å². The molecule has 1 aromatic carbocycles. The first-order valence-electron chi connectivity index (χ1n) is 7.89. The summed E-state index contributed by atoms with van der Waals surface area (Å²) >= 11 is 1.44. The van der Waals surface area contributed by atoms with Crippen molar-refractivity contribution in [3.05, 3.63) is 70.7 Å². The zero-order chi connectivity index (χ0) is 17.5. The van der Waals surface area contributed by atoms with Gasteiger partial charge in [-0.15, -0.1) is 0 Å². The molecule has 3 rings (SSSR count). The highest BCUT2D eigenvalue weighted by molar-refractivity contribution is 7.08.